The Hall–Kier alpha value is -4.33. The Kier molecular flexibility index (Phi) is 5.63. The maximum absolute atomic E-state index is 13.5. The molecule has 2 aliphatic rings. The number of nitrogens with one attached hydrogen (secondary N) is 1. The standard InChI is InChI=1S/C26H23N3O5/c1-16(2)34-20-6-3-18(4-7-20)23-24(28-19-5-8-21-22(13-19)33-15-32-21)26(31)29(25(23)30)14-17-9-11-27-12-10-17/h3-13,16,28H,14-15H2,1-2H3. The van der Waals surface area contributed by atoms with Crippen LogP contribution in [0.5, 0.6) is 17.2 Å². The highest BCUT2D eigenvalue weighted by Gasteiger charge is 2.39. The molecule has 0 saturated heterocycles. The van der Waals surface area contributed by atoms with Gasteiger partial charge in [-0.05, 0) is 61.4 Å². The second-order valence-corrected chi connectivity index (χ2v) is 8.19. The SMILES string of the molecule is CC(C)Oc1ccc(C2=C(Nc3ccc4c(c3)OCO4)C(=O)N(Cc3ccncc3)C2=O)cc1. The van der Waals surface area contributed by atoms with Crippen molar-refractivity contribution in [1.82, 2.24) is 9.88 Å². The number of imide groups is 1. The van der Waals surface area contributed by atoms with Crippen molar-refractivity contribution in [2.75, 3.05) is 12.1 Å². The number of aromatic nitrogens is 1. The summed E-state index contributed by atoms with van der Waals surface area (Å²) >= 11 is 0. The number of carbonyl (C=O) groups excluding carboxylic acids is 2. The Labute approximate surface area is 196 Å². The number of hydrogen-bond donors (Lipinski definition) is 1. The number of rotatable bonds is 7. The first-order chi connectivity index (χ1) is 16.5. The van der Waals surface area contributed by atoms with Gasteiger partial charge in [-0.2, -0.15) is 0 Å². The van der Waals surface area contributed by atoms with Crippen LogP contribution < -0.4 is 19.5 Å². The molecular formula is C26H23N3O5. The molecule has 3 aromatic rings. The lowest BCUT2D eigenvalue weighted by atomic mass is 10.0. The smallest absolute Gasteiger partial charge is 0.278 e. The summed E-state index contributed by atoms with van der Waals surface area (Å²) in [6.07, 6.45) is 3.29. The molecule has 5 rings (SSSR count). The molecule has 0 spiro atoms. The molecule has 2 aliphatic heterocycles. The molecule has 8 heteroatoms. The molecule has 2 amide bonds. The predicted octanol–water partition coefficient (Wildman–Crippen LogP) is 3.99. The lowest BCUT2D eigenvalue weighted by Crippen LogP contribution is -2.32. The fraction of sp³-hybridized carbons (Fsp3) is 0.192. The van der Waals surface area contributed by atoms with Gasteiger partial charge in [-0.25, -0.2) is 0 Å². The van der Waals surface area contributed by atoms with Crippen LogP contribution in [0.3, 0.4) is 0 Å². The number of nitrogens with zero attached hydrogens (tertiary/aromatic N) is 2. The number of anilines is 1. The van der Waals surface area contributed by atoms with Crippen LogP contribution in [0.4, 0.5) is 5.69 Å². The van der Waals surface area contributed by atoms with Crippen molar-refractivity contribution in [3.63, 3.8) is 0 Å². The van der Waals surface area contributed by atoms with E-state index in [4.69, 9.17) is 14.2 Å². The Bertz CT molecular complexity index is 1270. The van der Waals surface area contributed by atoms with Crippen LogP contribution in [0.15, 0.2) is 72.7 Å². The first kappa shape index (κ1) is 21.5. The number of pyridine rings is 1. The number of hydrogen-bond acceptors (Lipinski definition) is 7. The van der Waals surface area contributed by atoms with Gasteiger partial charge in [0.25, 0.3) is 11.8 Å². The molecule has 1 aromatic heterocycles. The summed E-state index contributed by atoms with van der Waals surface area (Å²) in [5.41, 5.74) is 2.54. The molecule has 0 aliphatic carbocycles. The van der Waals surface area contributed by atoms with Gasteiger partial charge in [0.15, 0.2) is 11.5 Å². The van der Waals surface area contributed by atoms with E-state index in [1.54, 1.807) is 67.0 Å². The van der Waals surface area contributed by atoms with Crippen LogP contribution in [0, 0.1) is 0 Å². The van der Waals surface area contributed by atoms with E-state index in [1.807, 2.05) is 13.8 Å². The van der Waals surface area contributed by atoms with Gasteiger partial charge in [0, 0.05) is 24.1 Å². The van der Waals surface area contributed by atoms with Gasteiger partial charge >= 0.3 is 0 Å². The topological polar surface area (TPSA) is 90.0 Å². The molecule has 0 saturated carbocycles. The summed E-state index contributed by atoms with van der Waals surface area (Å²) in [6, 6.07) is 16.0. The lowest BCUT2D eigenvalue weighted by Gasteiger charge is -2.15. The van der Waals surface area contributed by atoms with E-state index in [1.165, 1.54) is 4.90 Å². The van der Waals surface area contributed by atoms with E-state index in [0.717, 1.165) is 5.56 Å². The molecule has 0 bridgehead atoms. The highest BCUT2D eigenvalue weighted by molar-refractivity contribution is 6.36. The average Bonchev–Trinajstić information content (AvgIpc) is 3.38. The highest BCUT2D eigenvalue weighted by Crippen LogP contribution is 2.37. The van der Waals surface area contributed by atoms with Gasteiger partial charge in [-0.1, -0.05) is 12.1 Å². The number of carbonyl (C=O) groups is 2. The van der Waals surface area contributed by atoms with Gasteiger partial charge in [0.2, 0.25) is 6.79 Å². The van der Waals surface area contributed by atoms with Gasteiger partial charge in [0.1, 0.15) is 11.4 Å². The molecule has 0 unspecified atom stereocenters. The molecule has 2 aromatic carbocycles. The first-order valence-electron chi connectivity index (χ1n) is 10.9. The van der Waals surface area contributed by atoms with Crippen molar-refractivity contribution in [3.05, 3.63) is 83.8 Å². The van der Waals surface area contributed by atoms with E-state index in [-0.39, 0.29) is 31.0 Å². The third-order valence-electron chi connectivity index (χ3n) is 5.41. The summed E-state index contributed by atoms with van der Waals surface area (Å²) in [7, 11) is 0. The van der Waals surface area contributed by atoms with Crippen molar-refractivity contribution in [3.8, 4) is 17.2 Å². The van der Waals surface area contributed by atoms with Crippen molar-refractivity contribution < 1.29 is 23.8 Å². The summed E-state index contributed by atoms with van der Waals surface area (Å²) < 4.78 is 16.5. The molecule has 3 heterocycles. The average molecular weight is 457 g/mol. The zero-order valence-corrected chi connectivity index (χ0v) is 18.8. The van der Waals surface area contributed by atoms with Crippen LogP contribution >= 0.6 is 0 Å². The van der Waals surface area contributed by atoms with Crippen molar-refractivity contribution in [2.45, 2.75) is 26.5 Å². The first-order valence-corrected chi connectivity index (χ1v) is 10.9. The van der Waals surface area contributed by atoms with E-state index in [0.29, 0.717) is 34.1 Å². The zero-order valence-electron chi connectivity index (χ0n) is 18.8. The minimum absolute atomic E-state index is 0.0267. The zero-order chi connectivity index (χ0) is 23.7. The fourth-order valence-corrected chi connectivity index (χ4v) is 3.87. The maximum atomic E-state index is 13.5. The largest absolute Gasteiger partial charge is 0.491 e. The van der Waals surface area contributed by atoms with Gasteiger partial charge in [0.05, 0.1) is 18.2 Å². The minimum Gasteiger partial charge on any atom is -0.491 e. The minimum atomic E-state index is -0.406. The molecule has 0 atom stereocenters. The Balaban J connectivity index is 1.51. The summed E-state index contributed by atoms with van der Waals surface area (Å²) in [5.74, 6) is 1.12. The Morgan fingerprint density at radius 1 is 0.971 bits per heavy atom. The summed E-state index contributed by atoms with van der Waals surface area (Å²) in [5, 5.41) is 3.15. The van der Waals surface area contributed by atoms with Crippen LogP contribution in [0.25, 0.3) is 5.57 Å². The quantitative estimate of drug-likeness (QED) is 0.537. The molecule has 0 fully saturated rings. The van der Waals surface area contributed by atoms with Crippen LogP contribution in [-0.2, 0) is 16.1 Å². The monoisotopic (exact) mass is 457 g/mol. The Morgan fingerprint density at radius 2 is 1.71 bits per heavy atom. The Morgan fingerprint density at radius 3 is 2.44 bits per heavy atom. The third-order valence-corrected chi connectivity index (χ3v) is 5.41. The lowest BCUT2D eigenvalue weighted by molar-refractivity contribution is -0.137. The number of ether oxygens (including phenoxy) is 3. The van der Waals surface area contributed by atoms with Crippen molar-refractivity contribution >= 4 is 23.1 Å². The van der Waals surface area contributed by atoms with Gasteiger partial charge in [-0.15, -0.1) is 0 Å². The molecule has 34 heavy (non-hydrogen) atoms. The number of benzene rings is 2. The van der Waals surface area contributed by atoms with Gasteiger partial charge in [-0.3, -0.25) is 19.5 Å². The predicted molar refractivity (Wildman–Crippen MR) is 125 cm³/mol. The normalized spacial score (nSPS) is 14.9. The second-order valence-electron chi connectivity index (χ2n) is 8.19. The van der Waals surface area contributed by atoms with E-state index < -0.39 is 5.91 Å². The molecule has 1 N–H and O–H groups in total. The molecule has 172 valence electrons. The van der Waals surface area contributed by atoms with E-state index in [9.17, 15) is 9.59 Å². The third kappa shape index (κ3) is 4.17. The maximum Gasteiger partial charge on any atom is 0.278 e. The molecule has 0 radical (unpaired) electrons. The second kappa shape index (κ2) is 8.90. The van der Waals surface area contributed by atoms with Crippen LogP contribution in [0.2, 0.25) is 0 Å². The van der Waals surface area contributed by atoms with Crippen LogP contribution in [0.1, 0.15) is 25.0 Å². The van der Waals surface area contributed by atoms with E-state index in [2.05, 4.69) is 10.3 Å². The van der Waals surface area contributed by atoms with Gasteiger partial charge < -0.3 is 19.5 Å². The fourth-order valence-electron chi connectivity index (χ4n) is 3.87. The molecule has 8 nitrogen and oxygen atoms in total. The van der Waals surface area contributed by atoms with Crippen LogP contribution in [-0.4, -0.2) is 34.6 Å². The summed E-state index contributed by atoms with van der Waals surface area (Å²) in [4.78, 5) is 32.2. The highest BCUT2D eigenvalue weighted by atomic mass is 16.7. The van der Waals surface area contributed by atoms with Crippen molar-refractivity contribution in [1.29, 1.82) is 0 Å². The van der Waals surface area contributed by atoms with E-state index >= 15 is 0 Å². The van der Waals surface area contributed by atoms with Crippen molar-refractivity contribution in [2.24, 2.45) is 0 Å². The molecular weight excluding hydrogens is 434 g/mol. The number of fused-ring (bicyclic) bond motifs is 1. The number of amides is 2. The summed E-state index contributed by atoms with van der Waals surface area (Å²) in [6.45, 7) is 4.18.